The highest BCUT2D eigenvalue weighted by molar-refractivity contribution is 5.89. The molecule has 24 heavy (non-hydrogen) atoms. The molecule has 1 aromatic carbocycles. The number of benzene rings is 1. The van der Waals surface area contributed by atoms with Crippen LogP contribution >= 0.6 is 0 Å². The fraction of sp³-hybridized carbons (Fsp3) is 0.500. The van der Waals surface area contributed by atoms with Crippen LogP contribution in [0.4, 0.5) is 4.79 Å². The van der Waals surface area contributed by atoms with Crippen molar-refractivity contribution in [3.63, 3.8) is 0 Å². The molecule has 0 radical (unpaired) electrons. The maximum absolute atomic E-state index is 11.2. The summed E-state index contributed by atoms with van der Waals surface area (Å²) in [6.45, 7) is 6.78. The van der Waals surface area contributed by atoms with Crippen molar-refractivity contribution in [1.29, 1.82) is 0 Å². The molecule has 0 aliphatic rings. The lowest BCUT2D eigenvalue weighted by Gasteiger charge is -2.11. The summed E-state index contributed by atoms with van der Waals surface area (Å²) in [6.07, 6.45) is 2.18. The van der Waals surface area contributed by atoms with Crippen LogP contribution in [0.3, 0.4) is 0 Å². The SMILES string of the molecule is CC.CCOC(=O)OCOc1cccc2[nH]cc(CCN(C)C)c12. The van der Waals surface area contributed by atoms with Gasteiger partial charge in [0.15, 0.2) is 0 Å². The second kappa shape index (κ2) is 10.5. The van der Waals surface area contributed by atoms with Crippen molar-refractivity contribution in [2.45, 2.75) is 27.2 Å². The molecule has 0 saturated heterocycles. The van der Waals surface area contributed by atoms with Gasteiger partial charge in [-0.3, -0.25) is 0 Å². The first kappa shape index (κ1) is 19.8. The molecule has 6 nitrogen and oxygen atoms in total. The average Bonchev–Trinajstić information content (AvgIpc) is 2.99. The minimum atomic E-state index is -0.725. The van der Waals surface area contributed by atoms with Gasteiger partial charge in [-0.15, -0.1) is 0 Å². The van der Waals surface area contributed by atoms with Crippen molar-refractivity contribution in [1.82, 2.24) is 9.88 Å². The number of carbonyl (C=O) groups is 1. The Labute approximate surface area is 143 Å². The molecule has 134 valence electrons. The van der Waals surface area contributed by atoms with Crippen molar-refractivity contribution in [2.75, 3.05) is 34.0 Å². The van der Waals surface area contributed by atoms with Gasteiger partial charge in [-0.25, -0.2) is 4.79 Å². The first-order valence-corrected chi connectivity index (χ1v) is 8.28. The Balaban J connectivity index is 0.00000139. The third-order valence-electron chi connectivity index (χ3n) is 3.23. The van der Waals surface area contributed by atoms with Gasteiger partial charge in [-0.2, -0.15) is 0 Å². The molecular weight excluding hydrogens is 308 g/mol. The van der Waals surface area contributed by atoms with Crippen LogP contribution in [-0.4, -0.2) is 50.1 Å². The third kappa shape index (κ3) is 5.77. The number of carbonyl (C=O) groups excluding carboxylic acids is 1. The fourth-order valence-electron chi connectivity index (χ4n) is 2.18. The van der Waals surface area contributed by atoms with E-state index in [1.54, 1.807) is 6.92 Å². The summed E-state index contributed by atoms with van der Waals surface area (Å²) in [4.78, 5) is 16.5. The Kier molecular flexibility index (Phi) is 8.71. The minimum absolute atomic E-state index is 0.170. The van der Waals surface area contributed by atoms with E-state index < -0.39 is 6.16 Å². The number of likely N-dealkylation sites (N-methyl/N-ethyl adjacent to an activating group) is 1. The van der Waals surface area contributed by atoms with E-state index >= 15 is 0 Å². The summed E-state index contributed by atoms with van der Waals surface area (Å²) in [5.41, 5.74) is 2.18. The van der Waals surface area contributed by atoms with Gasteiger partial charge < -0.3 is 24.1 Å². The van der Waals surface area contributed by atoms with Gasteiger partial charge in [0.2, 0.25) is 6.79 Å². The summed E-state index contributed by atoms with van der Waals surface area (Å²) in [6, 6.07) is 5.76. The maximum atomic E-state index is 11.2. The van der Waals surface area contributed by atoms with Crippen LogP contribution in [0, 0.1) is 0 Å². The summed E-state index contributed by atoms with van der Waals surface area (Å²) in [5.74, 6) is 0.691. The van der Waals surface area contributed by atoms with Crippen molar-refractivity contribution < 1.29 is 19.0 Å². The van der Waals surface area contributed by atoms with Crippen LogP contribution in [0.2, 0.25) is 0 Å². The van der Waals surface area contributed by atoms with Crippen LogP contribution < -0.4 is 4.74 Å². The van der Waals surface area contributed by atoms with Crippen LogP contribution in [0.25, 0.3) is 10.9 Å². The average molecular weight is 336 g/mol. The van der Waals surface area contributed by atoms with E-state index in [-0.39, 0.29) is 13.4 Å². The lowest BCUT2D eigenvalue weighted by Crippen LogP contribution is -2.15. The zero-order chi connectivity index (χ0) is 17.9. The monoisotopic (exact) mass is 336 g/mol. The second-order valence-electron chi connectivity index (χ2n) is 5.14. The highest BCUT2D eigenvalue weighted by atomic mass is 16.8. The molecule has 0 unspecified atom stereocenters. The van der Waals surface area contributed by atoms with Gasteiger partial charge in [0.05, 0.1) is 6.61 Å². The highest BCUT2D eigenvalue weighted by Crippen LogP contribution is 2.29. The number of hydrogen-bond donors (Lipinski definition) is 1. The highest BCUT2D eigenvalue weighted by Gasteiger charge is 2.11. The van der Waals surface area contributed by atoms with Crippen molar-refractivity contribution in [2.24, 2.45) is 0 Å². The summed E-state index contributed by atoms with van der Waals surface area (Å²) in [7, 11) is 4.08. The Bertz CT molecular complexity index is 623. The zero-order valence-corrected chi connectivity index (χ0v) is 15.2. The maximum Gasteiger partial charge on any atom is 0.511 e. The van der Waals surface area contributed by atoms with Crippen molar-refractivity contribution >= 4 is 17.1 Å². The molecule has 2 aromatic rings. The van der Waals surface area contributed by atoms with Gasteiger partial charge in [0, 0.05) is 23.6 Å². The molecule has 0 aliphatic heterocycles. The van der Waals surface area contributed by atoms with E-state index in [0.29, 0.717) is 5.75 Å². The minimum Gasteiger partial charge on any atom is -0.457 e. The molecule has 0 saturated carbocycles. The van der Waals surface area contributed by atoms with Gasteiger partial charge in [-0.1, -0.05) is 19.9 Å². The largest absolute Gasteiger partial charge is 0.511 e. The van der Waals surface area contributed by atoms with E-state index in [9.17, 15) is 4.79 Å². The fourth-order valence-corrected chi connectivity index (χ4v) is 2.18. The van der Waals surface area contributed by atoms with E-state index in [0.717, 1.165) is 23.9 Å². The first-order valence-electron chi connectivity index (χ1n) is 8.28. The normalized spacial score (nSPS) is 10.2. The summed E-state index contributed by atoms with van der Waals surface area (Å²) < 4.78 is 15.1. The topological polar surface area (TPSA) is 63.8 Å². The molecule has 1 heterocycles. The summed E-state index contributed by atoms with van der Waals surface area (Å²) in [5, 5.41) is 1.02. The number of ether oxygens (including phenoxy) is 3. The number of nitrogens with one attached hydrogen (secondary N) is 1. The van der Waals surface area contributed by atoms with Crippen molar-refractivity contribution in [3.8, 4) is 5.75 Å². The van der Waals surface area contributed by atoms with Gasteiger partial charge >= 0.3 is 6.16 Å². The Morgan fingerprint density at radius 1 is 1.21 bits per heavy atom. The molecule has 0 amide bonds. The number of aromatic nitrogens is 1. The number of H-pyrrole nitrogens is 1. The molecule has 2 rings (SSSR count). The molecule has 1 aromatic heterocycles. The molecular formula is C18H28N2O4. The molecule has 1 N–H and O–H groups in total. The van der Waals surface area contributed by atoms with Crippen LogP contribution in [0.1, 0.15) is 26.3 Å². The number of rotatable bonds is 7. The van der Waals surface area contributed by atoms with E-state index in [1.807, 2.05) is 52.3 Å². The second-order valence-corrected chi connectivity index (χ2v) is 5.14. The van der Waals surface area contributed by atoms with E-state index in [2.05, 4.69) is 14.6 Å². The van der Waals surface area contributed by atoms with Crippen LogP contribution in [-0.2, 0) is 15.9 Å². The zero-order valence-electron chi connectivity index (χ0n) is 15.2. The van der Waals surface area contributed by atoms with E-state index in [4.69, 9.17) is 9.47 Å². The molecule has 6 heteroatoms. The third-order valence-corrected chi connectivity index (χ3v) is 3.23. The summed E-state index contributed by atoms with van der Waals surface area (Å²) >= 11 is 0. The van der Waals surface area contributed by atoms with Crippen LogP contribution in [0.15, 0.2) is 24.4 Å². The number of hydrogen-bond acceptors (Lipinski definition) is 5. The smallest absolute Gasteiger partial charge is 0.457 e. The molecule has 0 bridgehead atoms. The predicted molar refractivity (Wildman–Crippen MR) is 95.5 cm³/mol. The quantitative estimate of drug-likeness (QED) is 0.615. The first-order chi connectivity index (χ1) is 11.6. The van der Waals surface area contributed by atoms with Gasteiger partial charge in [0.1, 0.15) is 5.75 Å². The lowest BCUT2D eigenvalue weighted by atomic mass is 10.1. The van der Waals surface area contributed by atoms with Crippen molar-refractivity contribution in [3.05, 3.63) is 30.0 Å². The number of aromatic amines is 1. The molecule has 0 aliphatic carbocycles. The Morgan fingerprint density at radius 3 is 2.62 bits per heavy atom. The molecule has 0 spiro atoms. The van der Waals surface area contributed by atoms with Gasteiger partial charge in [-0.05, 0) is 45.1 Å². The molecule has 0 atom stereocenters. The van der Waals surface area contributed by atoms with E-state index in [1.165, 1.54) is 5.56 Å². The standard InChI is InChI=1S/C16H22N2O4.C2H6/c1-4-20-16(19)22-11-21-14-7-5-6-13-15(14)12(10-17-13)8-9-18(2)3;1-2/h5-7,10,17H,4,8-9,11H2,1-3H3;1-2H3. The van der Waals surface area contributed by atoms with Crippen LogP contribution in [0.5, 0.6) is 5.75 Å². The lowest BCUT2D eigenvalue weighted by molar-refractivity contribution is 0.00740. The Hall–Kier alpha value is -2.21. The number of nitrogens with zero attached hydrogens (tertiary/aromatic N) is 1. The molecule has 0 fully saturated rings. The van der Waals surface area contributed by atoms with Gasteiger partial charge in [0.25, 0.3) is 0 Å². The Morgan fingerprint density at radius 2 is 1.96 bits per heavy atom. The number of fused-ring (bicyclic) bond motifs is 1. The predicted octanol–water partition coefficient (Wildman–Crippen LogP) is 3.81.